The van der Waals surface area contributed by atoms with Crippen LogP contribution in [0.3, 0.4) is 0 Å². The molecule has 2 amide bonds. The second-order valence-corrected chi connectivity index (χ2v) is 6.24. The van der Waals surface area contributed by atoms with Crippen molar-refractivity contribution >= 4 is 28.6 Å². The van der Waals surface area contributed by atoms with Crippen LogP contribution in [0, 0.1) is 0 Å². The number of aliphatic carboxylic acids is 1. The van der Waals surface area contributed by atoms with Gasteiger partial charge in [0.05, 0.1) is 13.0 Å². The maximum absolute atomic E-state index is 12.2. The van der Waals surface area contributed by atoms with Gasteiger partial charge in [-0.05, 0) is 29.2 Å². The molecule has 3 rings (SSSR count). The fraction of sp³-hybridized carbons (Fsp3) is 0.316. The zero-order chi connectivity index (χ0) is 17.8. The van der Waals surface area contributed by atoms with E-state index in [-0.39, 0.29) is 37.4 Å². The lowest BCUT2D eigenvalue weighted by Crippen LogP contribution is -2.44. The summed E-state index contributed by atoms with van der Waals surface area (Å²) in [5.74, 6) is -1.64. The number of amides is 2. The first-order chi connectivity index (χ1) is 12.0. The number of carboxylic acid groups (broad SMARTS) is 1. The summed E-state index contributed by atoms with van der Waals surface area (Å²) < 4.78 is 0. The number of carboxylic acids is 1. The van der Waals surface area contributed by atoms with Crippen molar-refractivity contribution in [1.29, 1.82) is 0 Å². The lowest BCUT2D eigenvalue weighted by Gasteiger charge is -2.20. The van der Waals surface area contributed by atoms with Crippen molar-refractivity contribution in [3.05, 3.63) is 48.0 Å². The molecular formula is C19H20N2O4. The fourth-order valence-electron chi connectivity index (χ4n) is 2.91. The molecule has 0 aliphatic heterocycles. The molecule has 6 nitrogen and oxygen atoms in total. The molecular weight excluding hydrogens is 320 g/mol. The molecule has 0 heterocycles. The van der Waals surface area contributed by atoms with Crippen LogP contribution in [-0.4, -0.2) is 46.9 Å². The third-order valence-electron chi connectivity index (χ3n) is 4.28. The highest BCUT2D eigenvalue weighted by Crippen LogP contribution is 2.26. The van der Waals surface area contributed by atoms with Gasteiger partial charge in [-0.1, -0.05) is 42.5 Å². The van der Waals surface area contributed by atoms with Crippen LogP contribution in [0.25, 0.3) is 10.8 Å². The number of hydrogen-bond donors (Lipinski definition) is 2. The minimum Gasteiger partial charge on any atom is -0.480 e. The Bertz CT molecular complexity index is 809. The van der Waals surface area contributed by atoms with Crippen molar-refractivity contribution in [2.45, 2.75) is 25.3 Å². The quantitative estimate of drug-likeness (QED) is 0.801. The Morgan fingerprint density at radius 2 is 1.80 bits per heavy atom. The van der Waals surface area contributed by atoms with Crippen molar-refractivity contribution in [2.75, 3.05) is 13.1 Å². The van der Waals surface area contributed by atoms with E-state index in [2.05, 4.69) is 5.32 Å². The van der Waals surface area contributed by atoms with Crippen LogP contribution >= 0.6 is 0 Å². The number of fused-ring (bicyclic) bond motifs is 1. The van der Waals surface area contributed by atoms with Crippen LogP contribution in [-0.2, 0) is 20.8 Å². The molecule has 0 saturated heterocycles. The van der Waals surface area contributed by atoms with Crippen molar-refractivity contribution in [3.8, 4) is 0 Å². The number of benzene rings is 2. The third-order valence-corrected chi connectivity index (χ3v) is 4.28. The van der Waals surface area contributed by atoms with E-state index in [1.807, 2.05) is 42.5 Å². The maximum atomic E-state index is 12.2. The van der Waals surface area contributed by atoms with E-state index in [4.69, 9.17) is 5.11 Å². The average molecular weight is 340 g/mol. The van der Waals surface area contributed by atoms with E-state index in [0.29, 0.717) is 0 Å². The molecule has 25 heavy (non-hydrogen) atoms. The second kappa shape index (κ2) is 7.34. The van der Waals surface area contributed by atoms with Gasteiger partial charge >= 0.3 is 5.97 Å². The minimum atomic E-state index is -1.04. The zero-order valence-electron chi connectivity index (χ0n) is 13.8. The lowest BCUT2D eigenvalue weighted by molar-refractivity contribution is -0.144. The number of nitrogens with one attached hydrogen (secondary N) is 1. The molecule has 130 valence electrons. The van der Waals surface area contributed by atoms with E-state index in [1.165, 1.54) is 4.90 Å². The highest BCUT2D eigenvalue weighted by atomic mass is 16.4. The van der Waals surface area contributed by atoms with Crippen LogP contribution in [0.4, 0.5) is 0 Å². The zero-order valence-corrected chi connectivity index (χ0v) is 13.8. The monoisotopic (exact) mass is 340 g/mol. The largest absolute Gasteiger partial charge is 0.480 e. The highest BCUT2D eigenvalue weighted by molar-refractivity contribution is 5.92. The maximum Gasteiger partial charge on any atom is 0.323 e. The summed E-state index contributed by atoms with van der Waals surface area (Å²) in [6, 6.07) is 13.6. The van der Waals surface area contributed by atoms with Gasteiger partial charge in [-0.15, -0.1) is 0 Å². The molecule has 1 saturated carbocycles. The first kappa shape index (κ1) is 17.0. The Morgan fingerprint density at radius 3 is 2.52 bits per heavy atom. The van der Waals surface area contributed by atoms with Crippen molar-refractivity contribution < 1.29 is 19.5 Å². The lowest BCUT2D eigenvalue weighted by atomic mass is 10.0. The van der Waals surface area contributed by atoms with E-state index in [1.54, 1.807) is 0 Å². The predicted molar refractivity (Wildman–Crippen MR) is 93.0 cm³/mol. The number of carbonyl (C=O) groups excluding carboxylic acids is 2. The van der Waals surface area contributed by atoms with Gasteiger partial charge in [-0.2, -0.15) is 0 Å². The number of carbonyl (C=O) groups is 3. The molecule has 1 fully saturated rings. The van der Waals surface area contributed by atoms with Gasteiger partial charge in [0.25, 0.3) is 0 Å². The van der Waals surface area contributed by atoms with Crippen LogP contribution in [0.15, 0.2) is 42.5 Å². The van der Waals surface area contributed by atoms with E-state index in [0.717, 1.165) is 29.2 Å². The molecule has 0 atom stereocenters. The Kier molecular flexibility index (Phi) is 4.97. The molecule has 0 aromatic heterocycles. The molecule has 2 aromatic carbocycles. The number of hydrogen-bond acceptors (Lipinski definition) is 3. The van der Waals surface area contributed by atoms with E-state index >= 15 is 0 Å². The predicted octanol–water partition coefficient (Wildman–Crippen LogP) is 1.57. The van der Waals surface area contributed by atoms with Gasteiger partial charge < -0.3 is 15.3 Å². The summed E-state index contributed by atoms with van der Waals surface area (Å²) in [5, 5.41) is 13.6. The highest BCUT2D eigenvalue weighted by Gasteiger charge is 2.33. The average Bonchev–Trinajstić information content (AvgIpc) is 3.43. The molecule has 2 aromatic rings. The molecule has 6 heteroatoms. The summed E-state index contributed by atoms with van der Waals surface area (Å²) in [6.07, 6.45) is 1.82. The fourth-order valence-corrected chi connectivity index (χ4v) is 2.91. The smallest absolute Gasteiger partial charge is 0.323 e. The SMILES string of the molecule is O=C(O)CN(C(=O)CNC(=O)Cc1cccc2ccccc12)C1CC1. The Hall–Kier alpha value is -2.89. The number of rotatable bonds is 7. The van der Waals surface area contributed by atoms with Crippen LogP contribution in [0.1, 0.15) is 18.4 Å². The van der Waals surface area contributed by atoms with Gasteiger partial charge in [-0.25, -0.2) is 0 Å². The van der Waals surface area contributed by atoms with Crippen LogP contribution < -0.4 is 5.32 Å². The molecule has 0 unspecified atom stereocenters. The van der Waals surface area contributed by atoms with Crippen molar-refractivity contribution in [2.24, 2.45) is 0 Å². The summed E-state index contributed by atoms with van der Waals surface area (Å²) in [5.41, 5.74) is 0.896. The van der Waals surface area contributed by atoms with Crippen LogP contribution in [0.5, 0.6) is 0 Å². The van der Waals surface area contributed by atoms with Gasteiger partial charge in [0.1, 0.15) is 6.54 Å². The second-order valence-electron chi connectivity index (χ2n) is 6.24. The number of nitrogens with zero attached hydrogens (tertiary/aromatic N) is 1. The topological polar surface area (TPSA) is 86.7 Å². The van der Waals surface area contributed by atoms with Gasteiger partial charge in [0.15, 0.2) is 0 Å². The molecule has 1 aliphatic rings. The minimum absolute atomic E-state index is 0.00133. The Balaban J connectivity index is 1.58. The standard InChI is InChI=1S/C19H20N2O4/c22-17(10-14-6-3-5-13-4-1-2-7-16(13)14)20-11-18(23)21(12-19(24)25)15-8-9-15/h1-7,15H,8-12H2,(H,20,22)(H,24,25). The summed E-state index contributed by atoms with van der Waals surface area (Å²) in [6.45, 7) is -0.490. The Morgan fingerprint density at radius 1 is 1.08 bits per heavy atom. The van der Waals surface area contributed by atoms with E-state index in [9.17, 15) is 14.4 Å². The molecule has 2 N–H and O–H groups in total. The first-order valence-electron chi connectivity index (χ1n) is 8.29. The summed E-state index contributed by atoms with van der Waals surface area (Å²) in [4.78, 5) is 36.6. The van der Waals surface area contributed by atoms with Crippen LogP contribution in [0.2, 0.25) is 0 Å². The summed E-state index contributed by atoms with van der Waals surface area (Å²) >= 11 is 0. The molecule has 0 radical (unpaired) electrons. The summed E-state index contributed by atoms with van der Waals surface area (Å²) in [7, 11) is 0. The van der Waals surface area contributed by atoms with Gasteiger partial charge in [0.2, 0.25) is 11.8 Å². The molecule has 0 spiro atoms. The van der Waals surface area contributed by atoms with Gasteiger partial charge in [0, 0.05) is 6.04 Å². The van der Waals surface area contributed by atoms with Crippen molar-refractivity contribution in [3.63, 3.8) is 0 Å². The first-order valence-corrected chi connectivity index (χ1v) is 8.29. The third kappa shape index (κ3) is 4.35. The van der Waals surface area contributed by atoms with E-state index < -0.39 is 5.97 Å². The van der Waals surface area contributed by atoms with Gasteiger partial charge in [-0.3, -0.25) is 14.4 Å². The molecule has 0 bridgehead atoms. The normalized spacial score (nSPS) is 13.4. The molecule has 1 aliphatic carbocycles. The van der Waals surface area contributed by atoms with Crippen molar-refractivity contribution in [1.82, 2.24) is 10.2 Å². The Labute approximate surface area is 145 Å².